The Morgan fingerprint density at radius 3 is 2.17 bits per heavy atom. The number of methoxy groups -OCH3 is 2. The standard InChI is InChI=1S/C12H14O6/c1-12(10(13)14,11(15)17-3)18-9-7-5-4-6-8(9)16-2/h4-7H,1-3H3,(H,13,14). The first-order valence-corrected chi connectivity index (χ1v) is 5.09. The number of ether oxygens (including phenoxy) is 3. The smallest absolute Gasteiger partial charge is 0.361 e. The molecule has 6 nitrogen and oxygen atoms in total. The molecule has 1 rings (SSSR count). The molecule has 0 amide bonds. The lowest BCUT2D eigenvalue weighted by Gasteiger charge is -2.24. The van der Waals surface area contributed by atoms with Gasteiger partial charge in [-0.2, -0.15) is 0 Å². The first-order valence-electron chi connectivity index (χ1n) is 5.09. The number of benzene rings is 1. The van der Waals surface area contributed by atoms with Gasteiger partial charge >= 0.3 is 11.9 Å². The maximum atomic E-state index is 11.5. The van der Waals surface area contributed by atoms with Gasteiger partial charge in [0.2, 0.25) is 0 Å². The van der Waals surface area contributed by atoms with E-state index in [0.29, 0.717) is 5.75 Å². The van der Waals surface area contributed by atoms with E-state index in [1.165, 1.54) is 13.2 Å². The third kappa shape index (κ3) is 2.53. The van der Waals surface area contributed by atoms with Gasteiger partial charge in [0.15, 0.2) is 11.5 Å². The van der Waals surface area contributed by atoms with Crippen molar-refractivity contribution in [1.29, 1.82) is 0 Å². The SMILES string of the molecule is COC(=O)C(C)(Oc1ccccc1OC)C(=O)O. The lowest BCUT2D eigenvalue weighted by Crippen LogP contribution is -2.49. The maximum Gasteiger partial charge on any atom is 0.361 e. The van der Waals surface area contributed by atoms with E-state index in [4.69, 9.17) is 14.6 Å². The fraction of sp³-hybridized carbons (Fsp3) is 0.333. The van der Waals surface area contributed by atoms with Gasteiger partial charge in [-0.15, -0.1) is 0 Å². The van der Waals surface area contributed by atoms with Gasteiger partial charge in [0, 0.05) is 0 Å². The van der Waals surface area contributed by atoms with E-state index in [2.05, 4.69) is 4.74 Å². The zero-order chi connectivity index (χ0) is 13.8. The molecule has 1 atom stereocenters. The molecule has 0 aromatic heterocycles. The molecular formula is C12H14O6. The van der Waals surface area contributed by atoms with Crippen LogP contribution in [0.4, 0.5) is 0 Å². The second kappa shape index (κ2) is 5.39. The van der Waals surface area contributed by atoms with E-state index in [1.54, 1.807) is 18.2 Å². The van der Waals surface area contributed by atoms with Crippen LogP contribution >= 0.6 is 0 Å². The monoisotopic (exact) mass is 254 g/mol. The summed E-state index contributed by atoms with van der Waals surface area (Å²) in [6, 6.07) is 6.43. The number of hydrogen-bond acceptors (Lipinski definition) is 5. The van der Waals surface area contributed by atoms with Crippen LogP contribution in [0.15, 0.2) is 24.3 Å². The Morgan fingerprint density at radius 2 is 1.72 bits per heavy atom. The molecule has 0 aliphatic heterocycles. The summed E-state index contributed by atoms with van der Waals surface area (Å²) < 4.78 is 14.7. The van der Waals surface area contributed by atoms with Gasteiger partial charge in [-0.25, -0.2) is 9.59 Å². The Hall–Kier alpha value is -2.24. The first-order chi connectivity index (χ1) is 8.45. The molecule has 1 aromatic rings. The Bertz CT molecular complexity index is 456. The lowest BCUT2D eigenvalue weighted by molar-refractivity contribution is -0.172. The molecule has 0 saturated carbocycles. The van der Waals surface area contributed by atoms with Crippen molar-refractivity contribution in [2.24, 2.45) is 0 Å². The van der Waals surface area contributed by atoms with E-state index in [1.807, 2.05) is 0 Å². The Balaban J connectivity index is 3.12. The molecule has 0 aliphatic carbocycles. The van der Waals surface area contributed by atoms with Gasteiger partial charge in [-0.3, -0.25) is 0 Å². The molecule has 18 heavy (non-hydrogen) atoms. The molecule has 0 radical (unpaired) electrons. The molecule has 0 spiro atoms. The molecule has 1 N–H and O–H groups in total. The van der Waals surface area contributed by atoms with E-state index < -0.39 is 17.5 Å². The number of hydrogen-bond donors (Lipinski definition) is 1. The zero-order valence-corrected chi connectivity index (χ0v) is 10.3. The van der Waals surface area contributed by atoms with Crippen LogP contribution in [0.5, 0.6) is 11.5 Å². The number of carboxylic acid groups (broad SMARTS) is 1. The average Bonchev–Trinajstić information content (AvgIpc) is 2.37. The van der Waals surface area contributed by atoms with Crippen molar-refractivity contribution >= 4 is 11.9 Å². The van der Waals surface area contributed by atoms with Crippen LogP contribution in [0, 0.1) is 0 Å². The van der Waals surface area contributed by atoms with Crippen LogP contribution in [0.1, 0.15) is 6.92 Å². The summed E-state index contributed by atoms with van der Waals surface area (Å²) in [6.45, 7) is 1.12. The lowest BCUT2D eigenvalue weighted by atomic mass is 10.1. The predicted octanol–water partition coefficient (Wildman–Crippen LogP) is 1.09. The summed E-state index contributed by atoms with van der Waals surface area (Å²) in [6.07, 6.45) is 0. The highest BCUT2D eigenvalue weighted by molar-refractivity contribution is 6.02. The van der Waals surface area contributed by atoms with Crippen LogP contribution < -0.4 is 9.47 Å². The molecule has 1 aromatic carbocycles. The normalized spacial score (nSPS) is 13.3. The van der Waals surface area contributed by atoms with Gasteiger partial charge in [-0.05, 0) is 19.1 Å². The maximum absolute atomic E-state index is 11.5. The van der Waals surface area contributed by atoms with Crippen molar-refractivity contribution in [3.05, 3.63) is 24.3 Å². The van der Waals surface area contributed by atoms with Crippen LogP contribution in [-0.2, 0) is 14.3 Å². The first kappa shape index (κ1) is 13.8. The van der Waals surface area contributed by atoms with Gasteiger partial charge in [0.25, 0.3) is 5.60 Å². The van der Waals surface area contributed by atoms with E-state index in [0.717, 1.165) is 14.0 Å². The molecular weight excluding hydrogens is 240 g/mol. The van der Waals surface area contributed by atoms with Crippen LogP contribution in [0.3, 0.4) is 0 Å². The van der Waals surface area contributed by atoms with Crippen molar-refractivity contribution < 1.29 is 28.9 Å². The van der Waals surface area contributed by atoms with E-state index in [9.17, 15) is 9.59 Å². The van der Waals surface area contributed by atoms with Crippen molar-refractivity contribution in [3.63, 3.8) is 0 Å². The minimum Gasteiger partial charge on any atom is -0.493 e. The van der Waals surface area contributed by atoms with Gasteiger partial charge < -0.3 is 19.3 Å². The van der Waals surface area contributed by atoms with Crippen molar-refractivity contribution in [3.8, 4) is 11.5 Å². The van der Waals surface area contributed by atoms with Crippen molar-refractivity contribution in [1.82, 2.24) is 0 Å². The largest absolute Gasteiger partial charge is 0.493 e. The highest BCUT2D eigenvalue weighted by Crippen LogP contribution is 2.30. The topological polar surface area (TPSA) is 82.1 Å². The Labute approximate surface area is 104 Å². The van der Waals surface area contributed by atoms with E-state index >= 15 is 0 Å². The second-order valence-corrected chi connectivity index (χ2v) is 3.58. The highest BCUT2D eigenvalue weighted by Gasteiger charge is 2.46. The minimum atomic E-state index is -2.12. The number of para-hydroxylation sites is 2. The molecule has 0 saturated heterocycles. The summed E-state index contributed by atoms with van der Waals surface area (Å²) in [5, 5.41) is 9.09. The molecule has 0 heterocycles. The van der Waals surface area contributed by atoms with Gasteiger partial charge in [-0.1, -0.05) is 12.1 Å². The molecule has 0 fully saturated rings. The summed E-state index contributed by atoms with van der Waals surface area (Å²) in [5.41, 5.74) is -2.12. The van der Waals surface area contributed by atoms with Gasteiger partial charge in [0.1, 0.15) is 0 Å². The molecule has 0 bridgehead atoms. The number of esters is 1. The Kier molecular flexibility index (Phi) is 4.14. The molecule has 0 aliphatic rings. The minimum absolute atomic E-state index is 0.148. The number of carboxylic acids is 1. The molecule has 6 heteroatoms. The summed E-state index contributed by atoms with van der Waals surface area (Å²) in [5.74, 6) is -1.97. The predicted molar refractivity (Wildman–Crippen MR) is 61.7 cm³/mol. The van der Waals surface area contributed by atoms with Crippen LogP contribution in [0.25, 0.3) is 0 Å². The second-order valence-electron chi connectivity index (χ2n) is 3.58. The molecule has 1 unspecified atom stereocenters. The van der Waals surface area contributed by atoms with E-state index in [-0.39, 0.29) is 5.75 Å². The number of rotatable bonds is 5. The van der Waals surface area contributed by atoms with Crippen molar-refractivity contribution in [2.45, 2.75) is 12.5 Å². The summed E-state index contributed by atoms with van der Waals surface area (Å²) in [7, 11) is 2.51. The Morgan fingerprint density at radius 1 is 1.17 bits per heavy atom. The van der Waals surface area contributed by atoms with Crippen molar-refractivity contribution in [2.75, 3.05) is 14.2 Å². The molecule has 98 valence electrons. The quantitative estimate of drug-likeness (QED) is 0.625. The van der Waals surface area contributed by atoms with Gasteiger partial charge in [0.05, 0.1) is 14.2 Å². The third-order valence-electron chi connectivity index (χ3n) is 2.37. The number of carbonyl (C=O) groups is 2. The third-order valence-corrected chi connectivity index (χ3v) is 2.37. The zero-order valence-electron chi connectivity index (χ0n) is 10.3. The fourth-order valence-electron chi connectivity index (χ4n) is 1.29. The average molecular weight is 254 g/mol. The van der Waals surface area contributed by atoms with Crippen LogP contribution in [-0.4, -0.2) is 36.9 Å². The number of aliphatic carboxylic acids is 1. The highest BCUT2D eigenvalue weighted by atomic mass is 16.6. The summed E-state index contributed by atoms with van der Waals surface area (Å²) >= 11 is 0. The number of carbonyl (C=O) groups excluding carboxylic acids is 1. The van der Waals surface area contributed by atoms with Crippen LogP contribution in [0.2, 0.25) is 0 Å². The fourth-order valence-corrected chi connectivity index (χ4v) is 1.29. The summed E-state index contributed by atoms with van der Waals surface area (Å²) in [4.78, 5) is 22.7.